The van der Waals surface area contributed by atoms with Crippen molar-refractivity contribution in [1.82, 2.24) is 9.97 Å². The lowest BCUT2D eigenvalue weighted by molar-refractivity contribution is 0.253. The van der Waals surface area contributed by atoms with Gasteiger partial charge in [0.2, 0.25) is 0 Å². The van der Waals surface area contributed by atoms with E-state index >= 15 is 0 Å². The summed E-state index contributed by atoms with van der Waals surface area (Å²) in [7, 11) is 1.50. The molecule has 0 atom stereocenters. The number of hydrogen-bond acceptors (Lipinski definition) is 7. The minimum Gasteiger partial charge on any atom is -0.372 e. The maximum absolute atomic E-state index is 11.0. The molecule has 0 spiro atoms. The van der Waals surface area contributed by atoms with E-state index in [0.717, 1.165) is 0 Å². The first kappa shape index (κ1) is 14.7. The fraction of sp³-hybridized carbons (Fsp3) is 0.143. The van der Waals surface area contributed by atoms with Crippen LogP contribution in [0.1, 0.15) is 0 Å². The van der Waals surface area contributed by atoms with Crippen molar-refractivity contribution in [2.75, 3.05) is 22.4 Å². The van der Waals surface area contributed by atoms with E-state index in [-0.39, 0.29) is 22.6 Å². The van der Waals surface area contributed by atoms with Crippen LogP contribution in [-0.4, -0.2) is 29.1 Å². The van der Waals surface area contributed by atoms with Crippen LogP contribution in [0, 0.1) is 0 Å². The molecular weight excluding hydrogens is 278 g/mol. The van der Waals surface area contributed by atoms with Gasteiger partial charge in [-0.15, -0.1) is 0 Å². The summed E-state index contributed by atoms with van der Waals surface area (Å²) in [6, 6.07) is -2.03. The fourth-order valence-corrected chi connectivity index (χ4v) is 1.33. The summed E-state index contributed by atoms with van der Waals surface area (Å²) in [6.07, 6.45) is 0. The van der Waals surface area contributed by atoms with Gasteiger partial charge in [-0.1, -0.05) is 11.6 Å². The zero-order chi connectivity index (χ0) is 14.7. The molecule has 1 heterocycles. The van der Waals surface area contributed by atoms with Crippen LogP contribution in [0.15, 0.2) is 0 Å². The molecule has 0 unspecified atom stereocenters. The van der Waals surface area contributed by atoms with Crippen LogP contribution in [-0.2, 0) is 0 Å². The van der Waals surface area contributed by atoms with E-state index in [1.165, 1.54) is 7.05 Å². The van der Waals surface area contributed by atoms with E-state index in [0.29, 0.717) is 10.0 Å². The van der Waals surface area contributed by atoms with E-state index in [1.807, 2.05) is 0 Å². The van der Waals surface area contributed by atoms with Crippen LogP contribution < -0.4 is 38.5 Å². The quantitative estimate of drug-likeness (QED) is 0.260. The minimum absolute atomic E-state index is 0.0783. The molecule has 0 aromatic carbocycles. The van der Waals surface area contributed by atoms with Gasteiger partial charge in [0.1, 0.15) is 5.02 Å². The average molecular weight is 290 g/mol. The molecule has 19 heavy (non-hydrogen) atoms. The number of rotatable bonds is 3. The van der Waals surface area contributed by atoms with Crippen molar-refractivity contribution in [2.24, 2.45) is 23.2 Å². The molecule has 0 aliphatic rings. The molecule has 1 aromatic heterocycles. The Morgan fingerprint density at radius 2 is 1.68 bits per heavy atom. The van der Waals surface area contributed by atoms with E-state index in [1.54, 1.807) is 0 Å². The maximum atomic E-state index is 11.0. The summed E-state index contributed by atoms with van der Waals surface area (Å²) in [6.45, 7) is 0. The number of amides is 4. The van der Waals surface area contributed by atoms with E-state index in [2.05, 4.69) is 15.3 Å². The monoisotopic (exact) mass is 289 g/mol. The van der Waals surface area contributed by atoms with Gasteiger partial charge in [0.05, 0.1) is 0 Å². The molecule has 1 rings (SSSR count). The Morgan fingerprint density at radius 3 is 2.11 bits per heavy atom. The molecule has 0 fully saturated rings. The zero-order valence-corrected chi connectivity index (χ0v) is 10.5. The highest BCUT2D eigenvalue weighted by molar-refractivity contribution is 6.35. The van der Waals surface area contributed by atoms with Crippen LogP contribution in [0.3, 0.4) is 0 Å². The maximum Gasteiger partial charge on any atom is 0.336 e. The molecule has 104 valence electrons. The van der Waals surface area contributed by atoms with Crippen LogP contribution in [0.5, 0.6) is 0 Å². The third kappa shape index (κ3) is 2.90. The Labute approximate surface area is 112 Å². The largest absolute Gasteiger partial charge is 0.372 e. The molecule has 11 nitrogen and oxygen atoms in total. The third-order valence-corrected chi connectivity index (χ3v) is 2.33. The number of anilines is 3. The second-order valence-corrected chi connectivity index (χ2v) is 3.55. The number of urea groups is 2. The molecule has 0 bridgehead atoms. The number of halogens is 1. The summed E-state index contributed by atoms with van der Waals surface area (Å²) in [5, 5.41) is 3.46. The van der Waals surface area contributed by atoms with Gasteiger partial charge in [0.25, 0.3) is 5.95 Å². The first-order valence-electron chi connectivity index (χ1n) is 4.73. The number of nitrogens with two attached hydrogens (primary N) is 4. The number of aromatic nitrogens is 2. The molecular formula is C7H12ClN9O2. The highest BCUT2D eigenvalue weighted by Crippen LogP contribution is 2.30. The molecule has 1 aromatic rings. The van der Waals surface area contributed by atoms with Crippen LogP contribution in [0.2, 0.25) is 5.02 Å². The van der Waals surface area contributed by atoms with Crippen molar-refractivity contribution in [3.63, 3.8) is 0 Å². The van der Waals surface area contributed by atoms with Crippen molar-refractivity contribution in [3.8, 4) is 0 Å². The smallest absolute Gasteiger partial charge is 0.336 e. The highest BCUT2D eigenvalue weighted by Gasteiger charge is 2.22. The van der Waals surface area contributed by atoms with Crippen molar-refractivity contribution in [3.05, 3.63) is 5.02 Å². The lowest BCUT2D eigenvalue weighted by Crippen LogP contribution is -2.45. The molecule has 9 N–H and O–H groups in total. The second-order valence-electron chi connectivity index (χ2n) is 3.18. The Morgan fingerprint density at radius 1 is 1.16 bits per heavy atom. The average Bonchev–Trinajstić information content (AvgIpc) is 2.37. The Balaban J connectivity index is 3.42. The van der Waals surface area contributed by atoms with E-state index in [4.69, 9.17) is 34.8 Å². The zero-order valence-electron chi connectivity index (χ0n) is 9.79. The molecule has 0 saturated heterocycles. The summed E-state index contributed by atoms with van der Waals surface area (Å²) in [4.78, 5) is 29.5. The van der Waals surface area contributed by atoms with E-state index < -0.39 is 12.1 Å². The lowest BCUT2D eigenvalue weighted by atomic mass is 10.5. The predicted octanol–water partition coefficient (Wildman–Crippen LogP) is -1.31. The summed E-state index contributed by atoms with van der Waals surface area (Å²) < 4.78 is 0. The van der Waals surface area contributed by atoms with Gasteiger partial charge in [-0.3, -0.25) is 0 Å². The van der Waals surface area contributed by atoms with Crippen molar-refractivity contribution < 1.29 is 9.59 Å². The number of carbonyl (C=O) groups is 2. The number of primary amides is 2. The number of nitrogens with one attached hydrogen (secondary N) is 1. The van der Waals surface area contributed by atoms with Gasteiger partial charge in [0.15, 0.2) is 11.6 Å². The standard InChI is InChI=1S/C7H12ClN9O2/c1-13-3-2(8)4(16(11)5(9)18)15-7(14-3)17(12)6(10)19/h11-12H2,1H3,(H2,9,18)(H2,10,19)(H,13,14,15). The van der Waals surface area contributed by atoms with Gasteiger partial charge in [-0.25, -0.2) is 26.3 Å². The van der Waals surface area contributed by atoms with Crippen molar-refractivity contribution >= 4 is 41.2 Å². The third-order valence-electron chi connectivity index (χ3n) is 1.98. The SMILES string of the molecule is CNc1nc(N(N)C(N)=O)nc(N(N)C(N)=O)c1Cl. The number of hydrogen-bond donors (Lipinski definition) is 5. The lowest BCUT2D eigenvalue weighted by Gasteiger charge is -2.19. The number of carbonyl (C=O) groups excluding carboxylic acids is 2. The van der Waals surface area contributed by atoms with Gasteiger partial charge in [0, 0.05) is 7.05 Å². The van der Waals surface area contributed by atoms with Gasteiger partial charge in [-0.2, -0.15) is 15.0 Å². The Kier molecular flexibility index (Phi) is 4.26. The van der Waals surface area contributed by atoms with Crippen LogP contribution in [0.4, 0.5) is 27.2 Å². The minimum atomic E-state index is -1.02. The van der Waals surface area contributed by atoms with Crippen molar-refractivity contribution in [2.45, 2.75) is 0 Å². The second kappa shape index (κ2) is 5.51. The number of hydrazine groups is 2. The van der Waals surface area contributed by atoms with Gasteiger partial charge >= 0.3 is 12.1 Å². The molecule has 4 amide bonds. The number of nitrogens with zero attached hydrogens (tertiary/aromatic N) is 4. The first-order chi connectivity index (χ1) is 8.79. The summed E-state index contributed by atoms with van der Waals surface area (Å²) in [5.41, 5.74) is 9.98. The first-order valence-corrected chi connectivity index (χ1v) is 5.11. The summed E-state index contributed by atoms with van der Waals surface area (Å²) in [5.74, 6) is 10.3. The van der Waals surface area contributed by atoms with Crippen LogP contribution >= 0.6 is 11.6 Å². The normalized spacial score (nSPS) is 9.89. The topological polar surface area (TPSA) is 183 Å². The van der Waals surface area contributed by atoms with Gasteiger partial charge < -0.3 is 16.8 Å². The summed E-state index contributed by atoms with van der Waals surface area (Å²) >= 11 is 5.91. The van der Waals surface area contributed by atoms with Gasteiger partial charge in [-0.05, 0) is 0 Å². The van der Waals surface area contributed by atoms with Crippen molar-refractivity contribution in [1.29, 1.82) is 0 Å². The molecule has 0 aliphatic heterocycles. The van der Waals surface area contributed by atoms with Crippen LogP contribution in [0.25, 0.3) is 0 Å². The molecule has 0 saturated carbocycles. The predicted molar refractivity (Wildman–Crippen MR) is 69.1 cm³/mol. The molecule has 0 radical (unpaired) electrons. The fourth-order valence-electron chi connectivity index (χ4n) is 1.06. The Bertz CT molecular complexity index is 522. The van der Waals surface area contributed by atoms with E-state index in [9.17, 15) is 9.59 Å². The molecule has 0 aliphatic carbocycles. The highest BCUT2D eigenvalue weighted by atomic mass is 35.5. The molecule has 12 heteroatoms. The Hall–Kier alpha value is -2.37.